The summed E-state index contributed by atoms with van der Waals surface area (Å²) in [5.74, 6) is 0. The van der Waals surface area contributed by atoms with Gasteiger partial charge in [0.25, 0.3) is 0 Å². The maximum absolute atomic E-state index is 3.93. The van der Waals surface area contributed by atoms with Gasteiger partial charge in [-0.25, -0.2) is 0 Å². The van der Waals surface area contributed by atoms with E-state index in [1.165, 1.54) is 5.57 Å². The molecule has 72 valence electrons. The molecular weight excluding hydrogens is 146 g/mol. The third-order valence-electron chi connectivity index (χ3n) is 1.64. The van der Waals surface area contributed by atoms with E-state index in [9.17, 15) is 0 Å². The number of nitrogens with zero attached hydrogens (tertiary/aromatic N) is 1. The van der Waals surface area contributed by atoms with Crippen LogP contribution in [0.2, 0.25) is 0 Å². The molecule has 1 heteroatoms. The van der Waals surface area contributed by atoms with Gasteiger partial charge in [0.2, 0.25) is 0 Å². The molecule has 0 aromatic heterocycles. The van der Waals surface area contributed by atoms with Gasteiger partial charge in [-0.3, -0.25) is 4.90 Å². The van der Waals surface area contributed by atoms with Crippen molar-refractivity contribution in [1.29, 1.82) is 0 Å². The van der Waals surface area contributed by atoms with Crippen molar-refractivity contribution < 1.29 is 0 Å². The summed E-state index contributed by atoms with van der Waals surface area (Å²) in [7, 11) is 0. The summed E-state index contributed by atoms with van der Waals surface area (Å²) in [4.78, 5) is 2.43. The smallest absolute Gasteiger partial charge is 0.0187 e. The summed E-state index contributed by atoms with van der Waals surface area (Å²) in [5, 5.41) is 0. The molecule has 0 aromatic rings. The van der Waals surface area contributed by atoms with E-state index in [0.717, 1.165) is 19.6 Å². The van der Waals surface area contributed by atoms with Crippen molar-refractivity contribution in [1.82, 2.24) is 4.90 Å². The summed E-state index contributed by atoms with van der Waals surface area (Å²) in [6.07, 6.45) is 0. The summed E-state index contributed by atoms with van der Waals surface area (Å²) in [6, 6.07) is 0. The van der Waals surface area contributed by atoms with Gasteiger partial charge in [-0.2, -0.15) is 0 Å². The minimum absolute atomic E-state index is 0.394. The van der Waals surface area contributed by atoms with E-state index in [0.29, 0.717) is 5.41 Å². The molecule has 0 fully saturated rings. The Kier molecular flexibility index (Phi) is 4.54. The average Bonchev–Trinajstić information content (AvgIpc) is 1.82. The maximum atomic E-state index is 3.93. The predicted octanol–water partition coefficient (Wildman–Crippen LogP) is 2.93. The quantitative estimate of drug-likeness (QED) is 0.585. The van der Waals surface area contributed by atoms with Crippen LogP contribution < -0.4 is 0 Å². The van der Waals surface area contributed by atoms with Gasteiger partial charge in [0, 0.05) is 13.1 Å². The Balaban J connectivity index is 3.92. The molecule has 0 amide bonds. The van der Waals surface area contributed by atoms with Crippen LogP contribution in [0, 0.1) is 5.41 Å². The lowest BCUT2D eigenvalue weighted by Gasteiger charge is -2.28. The first kappa shape index (κ1) is 11.7. The Morgan fingerprint density at radius 1 is 1.33 bits per heavy atom. The van der Waals surface area contributed by atoms with Gasteiger partial charge in [-0.1, -0.05) is 39.8 Å². The molecule has 0 heterocycles. The fraction of sp³-hybridized carbons (Fsp3) is 0.818. The highest BCUT2D eigenvalue weighted by Gasteiger charge is 2.14. The molecular formula is C11H23N. The summed E-state index contributed by atoms with van der Waals surface area (Å²) in [6.45, 7) is 18.3. The van der Waals surface area contributed by atoms with Crippen molar-refractivity contribution >= 4 is 0 Å². The molecule has 0 atom stereocenters. The fourth-order valence-corrected chi connectivity index (χ4v) is 1.33. The van der Waals surface area contributed by atoms with Crippen LogP contribution in [0.3, 0.4) is 0 Å². The minimum atomic E-state index is 0.394. The molecule has 0 saturated heterocycles. The van der Waals surface area contributed by atoms with Crippen LogP contribution in [-0.4, -0.2) is 24.5 Å². The average molecular weight is 169 g/mol. The zero-order valence-electron chi connectivity index (χ0n) is 9.28. The van der Waals surface area contributed by atoms with Crippen LogP contribution in [0.5, 0.6) is 0 Å². The van der Waals surface area contributed by atoms with Crippen molar-refractivity contribution in [3.05, 3.63) is 12.2 Å². The van der Waals surface area contributed by atoms with Crippen molar-refractivity contribution in [3.63, 3.8) is 0 Å². The molecule has 12 heavy (non-hydrogen) atoms. The highest BCUT2D eigenvalue weighted by atomic mass is 15.1. The van der Waals surface area contributed by atoms with E-state index in [-0.39, 0.29) is 0 Å². The fourth-order valence-electron chi connectivity index (χ4n) is 1.33. The molecule has 0 radical (unpaired) electrons. The molecule has 0 saturated carbocycles. The van der Waals surface area contributed by atoms with Gasteiger partial charge in [-0.15, -0.1) is 0 Å². The van der Waals surface area contributed by atoms with Crippen molar-refractivity contribution in [2.24, 2.45) is 5.41 Å². The lowest BCUT2D eigenvalue weighted by atomic mass is 9.96. The van der Waals surface area contributed by atoms with Crippen LogP contribution in [-0.2, 0) is 0 Å². The maximum Gasteiger partial charge on any atom is 0.0187 e. The third kappa shape index (κ3) is 6.41. The van der Waals surface area contributed by atoms with Crippen molar-refractivity contribution in [3.8, 4) is 0 Å². The van der Waals surface area contributed by atoms with Gasteiger partial charge < -0.3 is 0 Å². The normalized spacial score (nSPS) is 12.2. The number of hydrogen-bond donors (Lipinski definition) is 0. The molecule has 1 nitrogen and oxygen atoms in total. The highest BCUT2D eigenvalue weighted by molar-refractivity contribution is 4.92. The van der Waals surface area contributed by atoms with Crippen LogP contribution in [0.4, 0.5) is 0 Å². The summed E-state index contributed by atoms with van der Waals surface area (Å²) >= 11 is 0. The Hall–Kier alpha value is -0.300. The zero-order chi connectivity index (χ0) is 9.78. The van der Waals surface area contributed by atoms with Crippen LogP contribution in [0.1, 0.15) is 34.6 Å². The van der Waals surface area contributed by atoms with Crippen molar-refractivity contribution in [2.45, 2.75) is 34.6 Å². The number of likely N-dealkylation sites (N-methyl/N-ethyl adjacent to an activating group) is 1. The summed E-state index contributed by atoms with van der Waals surface area (Å²) < 4.78 is 0. The Morgan fingerprint density at radius 2 is 1.83 bits per heavy atom. The monoisotopic (exact) mass is 169 g/mol. The second kappa shape index (κ2) is 4.66. The SMILES string of the molecule is C=C(C)CN(CC)CC(C)(C)C. The molecule has 0 bridgehead atoms. The van der Waals surface area contributed by atoms with Gasteiger partial charge in [0.05, 0.1) is 0 Å². The van der Waals surface area contributed by atoms with E-state index in [1.807, 2.05) is 0 Å². The molecule has 0 rings (SSSR count). The van der Waals surface area contributed by atoms with Gasteiger partial charge in [0.1, 0.15) is 0 Å². The van der Waals surface area contributed by atoms with Gasteiger partial charge in [0.15, 0.2) is 0 Å². The third-order valence-corrected chi connectivity index (χ3v) is 1.64. The first-order valence-electron chi connectivity index (χ1n) is 4.72. The molecule has 0 spiro atoms. The lowest BCUT2D eigenvalue weighted by Crippen LogP contribution is -2.33. The first-order valence-corrected chi connectivity index (χ1v) is 4.72. The second-order valence-corrected chi connectivity index (χ2v) is 4.82. The van der Waals surface area contributed by atoms with Crippen molar-refractivity contribution in [2.75, 3.05) is 19.6 Å². The largest absolute Gasteiger partial charge is 0.299 e. The van der Waals surface area contributed by atoms with E-state index >= 15 is 0 Å². The van der Waals surface area contributed by atoms with E-state index in [4.69, 9.17) is 0 Å². The number of hydrogen-bond acceptors (Lipinski definition) is 1. The van der Waals surface area contributed by atoms with Crippen LogP contribution in [0.15, 0.2) is 12.2 Å². The molecule has 0 aliphatic carbocycles. The van der Waals surface area contributed by atoms with E-state index in [2.05, 4.69) is 46.1 Å². The zero-order valence-corrected chi connectivity index (χ0v) is 9.28. The molecule has 0 unspecified atom stereocenters. The van der Waals surface area contributed by atoms with E-state index in [1.54, 1.807) is 0 Å². The Morgan fingerprint density at radius 3 is 2.08 bits per heavy atom. The lowest BCUT2D eigenvalue weighted by molar-refractivity contribution is 0.213. The Bertz CT molecular complexity index is 142. The molecule has 0 aliphatic heterocycles. The first-order chi connectivity index (χ1) is 5.35. The summed E-state index contributed by atoms with van der Waals surface area (Å²) in [5.41, 5.74) is 1.65. The van der Waals surface area contributed by atoms with Crippen LogP contribution in [0.25, 0.3) is 0 Å². The molecule has 0 N–H and O–H groups in total. The minimum Gasteiger partial charge on any atom is -0.299 e. The Labute approximate surface area is 77.5 Å². The topological polar surface area (TPSA) is 3.24 Å². The van der Waals surface area contributed by atoms with Gasteiger partial charge >= 0.3 is 0 Å². The molecule has 0 aromatic carbocycles. The van der Waals surface area contributed by atoms with Crippen LogP contribution >= 0.6 is 0 Å². The predicted molar refractivity (Wildman–Crippen MR) is 56.4 cm³/mol. The van der Waals surface area contributed by atoms with E-state index < -0.39 is 0 Å². The van der Waals surface area contributed by atoms with Gasteiger partial charge in [-0.05, 0) is 18.9 Å². The highest BCUT2D eigenvalue weighted by Crippen LogP contribution is 2.15. The molecule has 0 aliphatic rings. The second-order valence-electron chi connectivity index (χ2n) is 4.82. The number of rotatable bonds is 4. The standard InChI is InChI=1S/C11H23N/c1-7-12(8-10(2)3)9-11(4,5)6/h2,7-9H2,1,3-6H3.